The Labute approximate surface area is 303 Å². The second kappa shape index (κ2) is 30.9. The molecular weight excluding hydrogens is 693 g/mol. The molecule has 0 amide bonds. The molecule has 6 N–H and O–H groups in total. The molecule has 16 heteroatoms. The summed E-state index contributed by atoms with van der Waals surface area (Å²) in [5.74, 6) is 0. The van der Waals surface area contributed by atoms with Crippen LogP contribution in [0, 0.1) is 10.4 Å². The molecule has 0 spiro atoms. The van der Waals surface area contributed by atoms with Crippen LogP contribution in [0.3, 0.4) is 0 Å². The standard InChI is InChI=1S/C28H54N8O2.6ClH/c37-35(21-3-13-31-17-15-29-9-1-11-33-19-23-35)25-27-5-7-28(8-6-27)26-36(38)22-4-14-32-18-16-30-10-2-12-34-20-24-36;;;;;;/h5-8,29-34H,1-4,9-26H2;6*1H. The minimum Gasteiger partial charge on any atom is -0.633 e. The fourth-order valence-electron chi connectivity index (χ4n) is 5.29. The molecule has 2 heterocycles. The number of hydroxylamine groups is 6. The second-order valence-electron chi connectivity index (χ2n) is 11.1. The molecule has 2 aliphatic rings. The van der Waals surface area contributed by atoms with Crippen molar-refractivity contribution in [1.29, 1.82) is 0 Å². The third kappa shape index (κ3) is 23.0. The van der Waals surface area contributed by atoms with E-state index in [-0.39, 0.29) is 83.7 Å². The summed E-state index contributed by atoms with van der Waals surface area (Å²) in [7, 11) is 0. The summed E-state index contributed by atoms with van der Waals surface area (Å²) in [6.45, 7) is 14.3. The highest BCUT2D eigenvalue weighted by Gasteiger charge is 2.20. The van der Waals surface area contributed by atoms with Crippen LogP contribution in [0.5, 0.6) is 0 Å². The maximum atomic E-state index is 13.8. The Morgan fingerprint density at radius 1 is 0.386 bits per heavy atom. The lowest BCUT2D eigenvalue weighted by Crippen LogP contribution is -2.48. The van der Waals surface area contributed by atoms with Gasteiger partial charge in [-0.2, -0.15) is 0 Å². The van der Waals surface area contributed by atoms with Crippen LogP contribution in [0.4, 0.5) is 0 Å². The van der Waals surface area contributed by atoms with Gasteiger partial charge in [-0.3, -0.25) is 0 Å². The lowest BCUT2D eigenvalue weighted by molar-refractivity contribution is -0.893. The highest BCUT2D eigenvalue weighted by atomic mass is 35.5. The molecule has 0 radical (unpaired) electrons. The largest absolute Gasteiger partial charge is 0.633 e. The van der Waals surface area contributed by atoms with Crippen LogP contribution < -0.4 is 31.9 Å². The van der Waals surface area contributed by atoms with Gasteiger partial charge in [0, 0.05) is 76.3 Å². The van der Waals surface area contributed by atoms with E-state index in [1.807, 2.05) is 0 Å². The second-order valence-corrected chi connectivity index (χ2v) is 11.1. The first-order valence-corrected chi connectivity index (χ1v) is 15.0. The van der Waals surface area contributed by atoms with E-state index in [0.717, 1.165) is 115 Å². The minimum absolute atomic E-state index is 0. The van der Waals surface area contributed by atoms with Crippen molar-refractivity contribution < 1.29 is 9.29 Å². The molecule has 2 unspecified atom stereocenters. The normalized spacial score (nSPS) is 25.1. The average Bonchev–Trinajstić information content (AvgIpc) is 2.90. The predicted octanol–water partition coefficient (Wildman–Crippen LogP) is 2.97. The number of nitrogens with one attached hydrogen (secondary N) is 6. The fraction of sp³-hybridized carbons (Fsp3) is 0.786. The molecule has 3 rings (SSSR count). The van der Waals surface area contributed by atoms with Crippen LogP contribution in [-0.4, -0.2) is 114 Å². The molecule has 0 aliphatic carbocycles. The maximum Gasteiger partial charge on any atom is 0.104 e. The Balaban J connectivity index is -0.00000133. The quantitative estimate of drug-likeness (QED) is 0.206. The SMILES string of the molecule is Cl.Cl.Cl.Cl.Cl.Cl.[O-][N+]1(Cc2ccc(C[N+]3([O-])CCCNCCNCCCNCC3)cc2)CCCNCCNCCCNCC1. The van der Waals surface area contributed by atoms with Crippen molar-refractivity contribution in [3.63, 3.8) is 0 Å². The highest BCUT2D eigenvalue weighted by Crippen LogP contribution is 2.18. The zero-order valence-corrected chi connectivity index (χ0v) is 30.9. The Morgan fingerprint density at radius 2 is 0.659 bits per heavy atom. The number of nitrogens with zero attached hydrogens (tertiary/aromatic N) is 2. The maximum absolute atomic E-state index is 13.8. The summed E-state index contributed by atoms with van der Waals surface area (Å²) >= 11 is 0. The fourth-order valence-corrected chi connectivity index (χ4v) is 5.29. The topological polar surface area (TPSA) is 118 Å². The van der Waals surface area contributed by atoms with Gasteiger partial charge in [0.25, 0.3) is 0 Å². The molecule has 1 aromatic rings. The number of halogens is 6. The van der Waals surface area contributed by atoms with Crippen molar-refractivity contribution in [2.45, 2.75) is 38.8 Å². The Kier molecular flexibility index (Phi) is 36.1. The molecule has 0 saturated carbocycles. The van der Waals surface area contributed by atoms with Crippen molar-refractivity contribution in [2.24, 2.45) is 0 Å². The first kappa shape index (κ1) is 51.4. The van der Waals surface area contributed by atoms with Gasteiger partial charge in [-0.25, -0.2) is 0 Å². The van der Waals surface area contributed by atoms with E-state index < -0.39 is 0 Å². The Bertz CT molecular complexity index is 672. The molecule has 266 valence electrons. The van der Waals surface area contributed by atoms with E-state index in [4.69, 9.17) is 0 Å². The Morgan fingerprint density at radius 3 is 0.977 bits per heavy atom. The molecule has 2 atom stereocenters. The molecule has 1 aromatic carbocycles. The summed E-state index contributed by atoms with van der Waals surface area (Å²) < 4.78 is -0.413. The lowest BCUT2D eigenvalue weighted by Gasteiger charge is -2.44. The first-order chi connectivity index (χ1) is 18.6. The van der Waals surface area contributed by atoms with E-state index in [1.165, 1.54) is 0 Å². The van der Waals surface area contributed by atoms with Gasteiger partial charge in [-0.15, -0.1) is 74.4 Å². The molecule has 10 nitrogen and oxygen atoms in total. The average molecular weight is 754 g/mol. The highest BCUT2D eigenvalue weighted by molar-refractivity contribution is 5.86. The van der Waals surface area contributed by atoms with Gasteiger partial charge in [0.2, 0.25) is 0 Å². The summed E-state index contributed by atoms with van der Waals surface area (Å²) in [4.78, 5) is 0. The van der Waals surface area contributed by atoms with Gasteiger partial charge in [0.15, 0.2) is 0 Å². The minimum atomic E-state index is -0.206. The number of rotatable bonds is 4. The van der Waals surface area contributed by atoms with Crippen molar-refractivity contribution in [2.75, 3.05) is 105 Å². The van der Waals surface area contributed by atoms with E-state index in [9.17, 15) is 10.4 Å². The summed E-state index contributed by atoms with van der Waals surface area (Å²) in [5.41, 5.74) is 2.11. The lowest BCUT2D eigenvalue weighted by atomic mass is 10.1. The van der Waals surface area contributed by atoms with E-state index in [2.05, 4.69) is 56.2 Å². The van der Waals surface area contributed by atoms with Gasteiger partial charge in [0.05, 0.1) is 26.2 Å². The molecular formula is C28H60Cl6N8O2. The van der Waals surface area contributed by atoms with E-state index in [0.29, 0.717) is 39.3 Å². The van der Waals surface area contributed by atoms with E-state index >= 15 is 0 Å². The third-order valence-corrected chi connectivity index (χ3v) is 7.57. The molecule has 2 aliphatic heterocycles. The van der Waals surface area contributed by atoms with Crippen LogP contribution in [0.2, 0.25) is 0 Å². The van der Waals surface area contributed by atoms with Gasteiger partial charge in [-0.1, -0.05) is 24.3 Å². The van der Waals surface area contributed by atoms with Crippen molar-refractivity contribution in [3.05, 3.63) is 45.8 Å². The van der Waals surface area contributed by atoms with Gasteiger partial charge in [0.1, 0.15) is 13.1 Å². The van der Waals surface area contributed by atoms with Crippen molar-refractivity contribution in [3.8, 4) is 0 Å². The molecule has 2 fully saturated rings. The van der Waals surface area contributed by atoms with Crippen LogP contribution in [0.1, 0.15) is 36.8 Å². The molecule has 0 bridgehead atoms. The number of hydrogen-bond acceptors (Lipinski definition) is 8. The van der Waals surface area contributed by atoms with Crippen LogP contribution in [-0.2, 0) is 13.1 Å². The van der Waals surface area contributed by atoms with Crippen LogP contribution in [0.15, 0.2) is 24.3 Å². The summed E-state index contributed by atoms with van der Waals surface area (Å²) in [6.07, 6.45) is 3.89. The predicted molar refractivity (Wildman–Crippen MR) is 200 cm³/mol. The van der Waals surface area contributed by atoms with Gasteiger partial charge < -0.3 is 51.6 Å². The van der Waals surface area contributed by atoms with E-state index in [1.54, 1.807) is 0 Å². The van der Waals surface area contributed by atoms with Gasteiger partial charge in [-0.05, 0) is 39.0 Å². The Hall–Kier alpha value is 0.560. The van der Waals surface area contributed by atoms with Crippen molar-refractivity contribution in [1.82, 2.24) is 31.9 Å². The molecule has 2 saturated heterocycles. The first-order valence-electron chi connectivity index (χ1n) is 15.0. The number of benzene rings is 1. The zero-order chi connectivity index (χ0) is 26.8. The number of quaternary nitrogens is 2. The molecule has 0 aromatic heterocycles. The third-order valence-electron chi connectivity index (χ3n) is 7.57. The number of hydrogen-bond donors (Lipinski definition) is 6. The summed E-state index contributed by atoms with van der Waals surface area (Å²) in [6, 6.07) is 8.27. The molecule has 44 heavy (non-hydrogen) atoms. The van der Waals surface area contributed by atoms with Crippen LogP contribution >= 0.6 is 74.4 Å². The monoisotopic (exact) mass is 750 g/mol. The van der Waals surface area contributed by atoms with Crippen LogP contribution in [0.25, 0.3) is 0 Å². The smallest absolute Gasteiger partial charge is 0.104 e. The summed E-state index contributed by atoms with van der Waals surface area (Å²) in [5, 5.41) is 48.2. The van der Waals surface area contributed by atoms with Gasteiger partial charge >= 0.3 is 0 Å². The zero-order valence-electron chi connectivity index (χ0n) is 26.0. The van der Waals surface area contributed by atoms with Crippen molar-refractivity contribution >= 4 is 74.4 Å².